The first-order chi connectivity index (χ1) is 12.4. The van der Waals surface area contributed by atoms with Crippen molar-refractivity contribution in [2.24, 2.45) is 0 Å². The van der Waals surface area contributed by atoms with Crippen molar-refractivity contribution >= 4 is 23.4 Å². The van der Waals surface area contributed by atoms with Gasteiger partial charge in [0, 0.05) is 41.1 Å². The van der Waals surface area contributed by atoms with Crippen LogP contribution in [0.1, 0.15) is 26.3 Å². The van der Waals surface area contributed by atoms with Gasteiger partial charge in [-0.3, -0.25) is 4.98 Å². The van der Waals surface area contributed by atoms with Crippen molar-refractivity contribution in [1.82, 2.24) is 15.0 Å². The molecule has 2 aromatic heterocycles. The standard InChI is InChI=1S/C20H22ClN5/c1-20(2,3)26-19-24-17(15-8-6-10-22-12-15)11-18(25-19)23-13-14-7-4-5-9-16(14)21/h4-12H,13H2,1-3H3,(H2,23,24,25,26). The van der Waals surface area contributed by atoms with E-state index in [4.69, 9.17) is 11.6 Å². The van der Waals surface area contributed by atoms with Gasteiger partial charge < -0.3 is 10.6 Å². The minimum atomic E-state index is -0.145. The highest BCUT2D eigenvalue weighted by Crippen LogP contribution is 2.23. The summed E-state index contributed by atoms with van der Waals surface area (Å²) >= 11 is 6.24. The van der Waals surface area contributed by atoms with Crippen molar-refractivity contribution in [3.8, 4) is 11.3 Å². The van der Waals surface area contributed by atoms with Gasteiger partial charge in [0.05, 0.1) is 5.69 Å². The van der Waals surface area contributed by atoms with Crippen molar-refractivity contribution in [3.63, 3.8) is 0 Å². The second-order valence-electron chi connectivity index (χ2n) is 7.02. The molecule has 0 unspecified atom stereocenters. The van der Waals surface area contributed by atoms with Gasteiger partial charge in [-0.05, 0) is 44.5 Å². The van der Waals surface area contributed by atoms with E-state index in [-0.39, 0.29) is 5.54 Å². The summed E-state index contributed by atoms with van der Waals surface area (Å²) in [6.07, 6.45) is 3.54. The van der Waals surface area contributed by atoms with Crippen molar-refractivity contribution in [3.05, 3.63) is 65.4 Å². The lowest BCUT2D eigenvalue weighted by Crippen LogP contribution is -2.27. The summed E-state index contributed by atoms with van der Waals surface area (Å²) < 4.78 is 0. The fourth-order valence-electron chi connectivity index (χ4n) is 2.42. The molecule has 0 spiro atoms. The zero-order chi connectivity index (χ0) is 18.6. The van der Waals surface area contributed by atoms with Crippen LogP contribution < -0.4 is 10.6 Å². The van der Waals surface area contributed by atoms with Gasteiger partial charge in [-0.1, -0.05) is 29.8 Å². The smallest absolute Gasteiger partial charge is 0.225 e. The number of hydrogen-bond donors (Lipinski definition) is 2. The predicted molar refractivity (Wildman–Crippen MR) is 107 cm³/mol. The molecule has 0 amide bonds. The van der Waals surface area contributed by atoms with E-state index in [2.05, 4.69) is 46.4 Å². The van der Waals surface area contributed by atoms with Crippen molar-refractivity contribution < 1.29 is 0 Å². The number of nitrogens with one attached hydrogen (secondary N) is 2. The lowest BCUT2D eigenvalue weighted by atomic mass is 10.1. The molecule has 0 saturated carbocycles. The average molecular weight is 368 g/mol. The highest BCUT2D eigenvalue weighted by Gasteiger charge is 2.14. The molecule has 0 bridgehead atoms. The fourth-order valence-corrected chi connectivity index (χ4v) is 2.62. The number of hydrogen-bond acceptors (Lipinski definition) is 5. The Morgan fingerprint density at radius 3 is 2.54 bits per heavy atom. The maximum Gasteiger partial charge on any atom is 0.225 e. The number of benzene rings is 1. The third kappa shape index (κ3) is 4.92. The van der Waals surface area contributed by atoms with Gasteiger partial charge in [0.2, 0.25) is 5.95 Å². The molecular weight excluding hydrogens is 346 g/mol. The number of nitrogens with zero attached hydrogens (tertiary/aromatic N) is 3. The molecule has 26 heavy (non-hydrogen) atoms. The molecule has 0 atom stereocenters. The Kier molecular flexibility index (Phi) is 5.38. The molecule has 6 heteroatoms. The van der Waals surface area contributed by atoms with Crippen LogP contribution in [-0.2, 0) is 6.54 Å². The number of aromatic nitrogens is 3. The fraction of sp³-hybridized carbons (Fsp3) is 0.250. The predicted octanol–water partition coefficient (Wildman–Crippen LogP) is 5.01. The van der Waals surface area contributed by atoms with Crippen LogP contribution in [0.2, 0.25) is 5.02 Å². The van der Waals surface area contributed by atoms with Gasteiger partial charge in [-0.2, -0.15) is 4.98 Å². The van der Waals surface area contributed by atoms with Crippen LogP contribution in [0, 0.1) is 0 Å². The molecule has 3 rings (SSSR count). The quantitative estimate of drug-likeness (QED) is 0.663. The van der Waals surface area contributed by atoms with E-state index in [1.54, 1.807) is 12.4 Å². The van der Waals surface area contributed by atoms with Crippen LogP contribution in [0.4, 0.5) is 11.8 Å². The van der Waals surface area contributed by atoms with Gasteiger partial charge in [-0.15, -0.1) is 0 Å². The first-order valence-electron chi connectivity index (χ1n) is 8.46. The number of pyridine rings is 1. The minimum Gasteiger partial charge on any atom is -0.366 e. The summed E-state index contributed by atoms with van der Waals surface area (Å²) in [5.41, 5.74) is 2.61. The van der Waals surface area contributed by atoms with Crippen LogP contribution >= 0.6 is 11.6 Å². The molecule has 0 aliphatic rings. The summed E-state index contributed by atoms with van der Waals surface area (Å²) in [4.78, 5) is 13.4. The lowest BCUT2D eigenvalue weighted by Gasteiger charge is -2.21. The first kappa shape index (κ1) is 18.1. The molecule has 0 fully saturated rings. The molecule has 0 aliphatic heterocycles. The third-order valence-electron chi connectivity index (χ3n) is 3.59. The minimum absolute atomic E-state index is 0.145. The Hall–Kier alpha value is -2.66. The van der Waals surface area contributed by atoms with Gasteiger partial charge in [-0.25, -0.2) is 4.98 Å². The van der Waals surface area contributed by atoms with E-state index < -0.39 is 0 Å². The molecule has 0 aliphatic carbocycles. The molecule has 0 radical (unpaired) electrons. The van der Waals surface area contributed by atoms with Gasteiger partial charge >= 0.3 is 0 Å². The highest BCUT2D eigenvalue weighted by atomic mass is 35.5. The van der Waals surface area contributed by atoms with E-state index in [1.807, 2.05) is 42.5 Å². The van der Waals surface area contributed by atoms with Gasteiger partial charge in [0.1, 0.15) is 5.82 Å². The number of anilines is 2. The highest BCUT2D eigenvalue weighted by molar-refractivity contribution is 6.31. The first-order valence-corrected chi connectivity index (χ1v) is 8.83. The maximum atomic E-state index is 6.24. The van der Waals surface area contributed by atoms with Crippen LogP contribution in [0.25, 0.3) is 11.3 Å². The van der Waals surface area contributed by atoms with E-state index in [9.17, 15) is 0 Å². The molecule has 3 aromatic rings. The zero-order valence-corrected chi connectivity index (χ0v) is 15.9. The Morgan fingerprint density at radius 2 is 1.85 bits per heavy atom. The Labute approximate surface area is 158 Å². The van der Waals surface area contributed by atoms with Crippen molar-refractivity contribution in [2.75, 3.05) is 10.6 Å². The summed E-state index contributed by atoms with van der Waals surface area (Å²) in [7, 11) is 0. The van der Waals surface area contributed by atoms with E-state index in [0.29, 0.717) is 12.5 Å². The monoisotopic (exact) mass is 367 g/mol. The topological polar surface area (TPSA) is 62.7 Å². The van der Waals surface area contributed by atoms with E-state index >= 15 is 0 Å². The van der Waals surface area contributed by atoms with Crippen LogP contribution in [0.15, 0.2) is 54.9 Å². The summed E-state index contributed by atoms with van der Waals surface area (Å²) in [5.74, 6) is 1.30. The van der Waals surface area contributed by atoms with Crippen LogP contribution in [0.3, 0.4) is 0 Å². The van der Waals surface area contributed by atoms with Crippen LogP contribution in [0.5, 0.6) is 0 Å². The normalized spacial score (nSPS) is 11.2. The Bertz CT molecular complexity index is 875. The molecular formula is C20H22ClN5. The molecule has 0 saturated heterocycles. The van der Waals surface area contributed by atoms with Gasteiger partial charge in [0.15, 0.2) is 0 Å². The summed E-state index contributed by atoms with van der Waals surface area (Å²) in [6, 6.07) is 13.6. The summed E-state index contributed by atoms with van der Waals surface area (Å²) in [6.45, 7) is 6.80. The Morgan fingerprint density at radius 1 is 1.04 bits per heavy atom. The number of rotatable bonds is 5. The Balaban J connectivity index is 1.90. The maximum absolute atomic E-state index is 6.24. The zero-order valence-electron chi connectivity index (χ0n) is 15.1. The summed E-state index contributed by atoms with van der Waals surface area (Å²) in [5, 5.41) is 7.41. The van der Waals surface area contributed by atoms with Crippen molar-refractivity contribution in [2.45, 2.75) is 32.9 Å². The van der Waals surface area contributed by atoms with E-state index in [0.717, 1.165) is 27.7 Å². The average Bonchev–Trinajstić information content (AvgIpc) is 2.60. The molecule has 134 valence electrons. The molecule has 5 nitrogen and oxygen atoms in total. The molecule has 2 heterocycles. The third-order valence-corrected chi connectivity index (χ3v) is 3.96. The largest absolute Gasteiger partial charge is 0.366 e. The molecule has 2 N–H and O–H groups in total. The van der Waals surface area contributed by atoms with Crippen LogP contribution in [-0.4, -0.2) is 20.5 Å². The van der Waals surface area contributed by atoms with Gasteiger partial charge in [0.25, 0.3) is 0 Å². The second kappa shape index (κ2) is 7.70. The SMILES string of the molecule is CC(C)(C)Nc1nc(NCc2ccccc2Cl)cc(-c2cccnc2)n1. The molecule has 1 aromatic carbocycles. The van der Waals surface area contributed by atoms with E-state index in [1.165, 1.54) is 0 Å². The number of halogens is 1. The lowest BCUT2D eigenvalue weighted by molar-refractivity contribution is 0.626. The second-order valence-corrected chi connectivity index (χ2v) is 7.43. The van der Waals surface area contributed by atoms with Crippen molar-refractivity contribution in [1.29, 1.82) is 0 Å².